The molecule has 0 N–H and O–H groups in total. The molecule has 1 heterocycles. The Kier molecular flexibility index (Phi) is 4.72. The van der Waals surface area contributed by atoms with Gasteiger partial charge in [-0.3, -0.25) is 9.69 Å². The van der Waals surface area contributed by atoms with Crippen molar-refractivity contribution in [2.75, 3.05) is 33.2 Å². The molecule has 1 unspecified atom stereocenters. The van der Waals surface area contributed by atoms with Crippen LogP contribution >= 0.6 is 0 Å². The van der Waals surface area contributed by atoms with Crippen LogP contribution in [0, 0.1) is 6.92 Å². The normalized spacial score (nSPS) is 22.2. The Balaban J connectivity index is 1.99. The lowest BCUT2D eigenvalue weighted by molar-refractivity contribution is 0.0900. The molecule has 0 amide bonds. The number of hydrogen-bond acceptors (Lipinski definition) is 3. The Bertz CT molecular complexity index is 427. The highest BCUT2D eigenvalue weighted by Crippen LogP contribution is 2.11. The summed E-state index contributed by atoms with van der Waals surface area (Å²) < 4.78 is 0. The van der Waals surface area contributed by atoms with Gasteiger partial charge in [0, 0.05) is 24.7 Å². The monoisotopic (exact) mass is 260 g/mol. The van der Waals surface area contributed by atoms with Gasteiger partial charge in [0.05, 0.1) is 6.54 Å². The Morgan fingerprint density at radius 1 is 1.26 bits per heavy atom. The van der Waals surface area contributed by atoms with Crippen LogP contribution in [0.2, 0.25) is 0 Å². The first-order chi connectivity index (χ1) is 9.06. The van der Waals surface area contributed by atoms with E-state index in [9.17, 15) is 4.79 Å². The summed E-state index contributed by atoms with van der Waals surface area (Å²) in [4.78, 5) is 17.0. The number of ketones is 1. The minimum atomic E-state index is 0.233. The van der Waals surface area contributed by atoms with Gasteiger partial charge in [0.2, 0.25) is 0 Å². The predicted octanol–water partition coefficient (Wildman–Crippen LogP) is 2.20. The summed E-state index contributed by atoms with van der Waals surface area (Å²) in [5.74, 6) is 0.233. The van der Waals surface area contributed by atoms with E-state index in [1.165, 1.54) is 5.56 Å². The van der Waals surface area contributed by atoms with Crippen LogP contribution in [0.5, 0.6) is 0 Å². The summed E-state index contributed by atoms with van der Waals surface area (Å²) >= 11 is 0. The third-order valence-corrected chi connectivity index (χ3v) is 3.90. The Morgan fingerprint density at radius 2 is 1.95 bits per heavy atom. The van der Waals surface area contributed by atoms with E-state index in [1.807, 2.05) is 31.2 Å². The van der Waals surface area contributed by atoms with E-state index in [-0.39, 0.29) is 5.78 Å². The van der Waals surface area contributed by atoms with E-state index in [0.717, 1.165) is 31.6 Å². The highest BCUT2D eigenvalue weighted by molar-refractivity contribution is 5.97. The second-order valence-corrected chi connectivity index (χ2v) is 5.72. The van der Waals surface area contributed by atoms with Gasteiger partial charge in [-0.15, -0.1) is 0 Å². The molecule has 0 saturated carbocycles. The molecule has 0 spiro atoms. The van der Waals surface area contributed by atoms with Crippen LogP contribution in [0.15, 0.2) is 24.3 Å². The highest BCUT2D eigenvalue weighted by atomic mass is 16.1. The molecule has 0 aromatic heterocycles. The zero-order valence-electron chi connectivity index (χ0n) is 12.2. The molecule has 19 heavy (non-hydrogen) atoms. The fourth-order valence-corrected chi connectivity index (χ4v) is 2.67. The number of carbonyl (C=O) groups is 1. The minimum absolute atomic E-state index is 0.233. The van der Waals surface area contributed by atoms with Crippen molar-refractivity contribution in [2.45, 2.75) is 26.3 Å². The van der Waals surface area contributed by atoms with Crippen LogP contribution in [-0.4, -0.2) is 54.9 Å². The van der Waals surface area contributed by atoms with Crippen molar-refractivity contribution in [1.82, 2.24) is 9.80 Å². The fraction of sp³-hybridized carbons (Fsp3) is 0.562. The van der Waals surface area contributed by atoms with Crippen molar-refractivity contribution < 1.29 is 4.79 Å². The summed E-state index contributed by atoms with van der Waals surface area (Å²) in [7, 11) is 2.15. The maximum Gasteiger partial charge on any atom is 0.176 e. The van der Waals surface area contributed by atoms with Gasteiger partial charge in [-0.2, -0.15) is 0 Å². The third-order valence-electron chi connectivity index (χ3n) is 3.90. The van der Waals surface area contributed by atoms with Crippen molar-refractivity contribution in [2.24, 2.45) is 0 Å². The summed E-state index contributed by atoms with van der Waals surface area (Å²) in [6, 6.07) is 8.33. The number of aryl methyl sites for hydroxylation is 1. The number of nitrogens with zero attached hydrogens (tertiary/aromatic N) is 2. The molecule has 1 saturated heterocycles. The summed E-state index contributed by atoms with van der Waals surface area (Å²) in [6.07, 6.45) is 1.14. The van der Waals surface area contributed by atoms with Crippen molar-refractivity contribution >= 4 is 5.78 Å². The molecule has 1 aliphatic rings. The van der Waals surface area contributed by atoms with Crippen molar-refractivity contribution in [1.29, 1.82) is 0 Å². The average molecular weight is 260 g/mol. The lowest BCUT2D eigenvalue weighted by Crippen LogP contribution is -2.40. The van der Waals surface area contributed by atoms with Crippen molar-refractivity contribution in [3.05, 3.63) is 35.4 Å². The molecule has 104 valence electrons. The molecule has 1 atom stereocenters. The predicted molar refractivity (Wildman–Crippen MR) is 78.7 cm³/mol. The molecule has 3 heteroatoms. The van der Waals surface area contributed by atoms with E-state index in [2.05, 4.69) is 23.8 Å². The Labute approximate surface area is 116 Å². The molecule has 0 bridgehead atoms. The van der Waals surface area contributed by atoms with E-state index >= 15 is 0 Å². The molecular formula is C16H24N2O. The molecule has 1 aromatic rings. The minimum Gasteiger partial charge on any atom is -0.305 e. The second kappa shape index (κ2) is 6.31. The third kappa shape index (κ3) is 3.88. The molecule has 3 nitrogen and oxygen atoms in total. The van der Waals surface area contributed by atoms with Gasteiger partial charge in [-0.1, -0.05) is 29.8 Å². The van der Waals surface area contributed by atoms with Crippen LogP contribution in [0.3, 0.4) is 0 Å². The van der Waals surface area contributed by atoms with E-state index < -0.39 is 0 Å². The average Bonchev–Trinajstić information content (AvgIpc) is 2.52. The van der Waals surface area contributed by atoms with E-state index in [1.54, 1.807) is 0 Å². The lowest BCUT2D eigenvalue weighted by atomic mass is 10.1. The summed E-state index contributed by atoms with van der Waals surface area (Å²) in [6.45, 7) is 7.98. The fourth-order valence-electron chi connectivity index (χ4n) is 2.67. The van der Waals surface area contributed by atoms with E-state index in [0.29, 0.717) is 12.6 Å². The number of carbonyl (C=O) groups excluding carboxylic acids is 1. The maximum absolute atomic E-state index is 12.3. The smallest absolute Gasteiger partial charge is 0.176 e. The first-order valence-corrected chi connectivity index (χ1v) is 7.08. The molecular weight excluding hydrogens is 236 g/mol. The zero-order chi connectivity index (χ0) is 13.8. The topological polar surface area (TPSA) is 23.6 Å². The van der Waals surface area contributed by atoms with Gasteiger partial charge in [0.25, 0.3) is 0 Å². The quantitative estimate of drug-likeness (QED) is 0.779. The molecule has 2 rings (SSSR count). The zero-order valence-corrected chi connectivity index (χ0v) is 12.2. The first kappa shape index (κ1) is 14.2. The number of hydrogen-bond donors (Lipinski definition) is 0. The molecule has 1 aromatic carbocycles. The first-order valence-electron chi connectivity index (χ1n) is 7.08. The van der Waals surface area contributed by atoms with Gasteiger partial charge < -0.3 is 4.90 Å². The Morgan fingerprint density at radius 3 is 2.63 bits per heavy atom. The Hall–Kier alpha value is -1.19. The van der Waals surface area contributed by atoms with Crippen LogP contribution in [0.1, 0.15) is 29.3 Å². The highest BCUT2D eigenvalue weighted by Gasteiger charge is 2.21. The van der Waals surface area contributed by atoms with Gasteiger partial charge in [-0.25, -0.2) is 0 Å². The van der Waals surface area contributed by atoms with Crippen LogP contribution in [0.4, 0.5) is 0 Å². The molecule has 1 aliphatic heterocycles. The number of likely N-dealkylation sites (N-methyl/N-ethyl adjacent to an activating group) is 1. The molecule has 0 radical (unpaired) electrons. The van der Waals surface area contributed by atoms with Crippen LogP contribution < -0.4 is 0 Å². The van der Waals surface area contributed by atoms with Crippen molar-refractivity contribution in [3.63, 3.8) is 0 Å². The van der Waals surface area contributed by atoms with E-state index in [4.69, 9.17) is 0 Å². The van der Waals surface area contributed by atoms with Crippen LogP contribution in [-0.2, 0) is 0 Å². The molecule has 1 fully saturated rings. The van der Waals surface area contributed by atoms with Gasteiger partial charge in [0.15, 0.2) is 5.78 Å². The summed E-state index contributed by atoms with van der Waals surface area (Å²) in [5, 5.41) is 0. The lowest BCUT2D eigenvalue weighted by Gasteiger charge is -2.27. The largest absolute Gasteiger partial charge is 0.305 e. The van der Waals surface area contributed by atoms with Gasteiger partial charge in [0.1, 0.15) is 0 Å². The standard InChI is InChI=1S/C16H24N2O/c1-13-5-7-15(8-6-13)16(19)12-18-10-4-9-17(3)11-14(18)2/h5-8,14H,4,9-12H2,1-3H3. The maximum atomic E-state index is 12.3. The summed E-state index contributed by atoms with van der Waals surface area (Å²) in [5.41, 5.74) is 2.02. The number of benzene rings is 1. The number of Topliss-reactive ketones (excluding diaryl/α,β-unsaturated/α-hetero) is 1. The SMILES string of the molecule is Cc1ccc(C(=O)CN2CCCN(C)CC2C)cc1. The second-order valence-electron chi connectivity index (χ2n) is 5.72. The molecule has 0 aliphatic carbocycles. The van der Waals surface area contributed by atoms with Gasteiger partial charge in [-0.05, 0) is 33.9 Å². The van der Waals surface area contributed by atoms with Gasteiger partial charge >= 0.3 is 0 Å². The number of rotatable bonds is 3. The van der Waals surface area contributed by atoms with Crippen LogP contribution in [0.25, 0.3) is 0 Å². The van der Waals surface area contributed by atoms with Crippen molar-refractivity contribution in [3.8, 4) is 0 Å².